The second-order valence-corrected chi connectivity index (χ2v) is 29.8. The van der Waals surface area contributed by atoms with Crippen LogP contribution in [0.25, 0.3) is 0 Å². The molecule has 1 N–H and O–H groups in total. The number of ether oxygens (including phenoxy) is 4. The minimum absolute atomic E-state index is 0.178. The van der Waals surface area contributed by atoms with Crippen LogP contribution in [0.1, 0.15) is 412 Å². The molecular weight excluding hydrogens is 1200 g/mol. The van der Waals surface area contributed by atoms with Crippen LogP contribution in [0, 0.1) is 0 Å². The van der Waals surface area contributed by atoms with Crippen LogP contribution in [-0.4, -0.2) is 87.4 Å². The Morgan fingerprint density at radius 1 is 0.309 bits per heavy atom. The third kappa shape index (κ3) is 79.9. The molecule has 0 rings (SSSR count). The fourth-order valence-electron chi connectivity index (χ4n) is 12.5. The first-order valence-corrected chi connectivity index (χ1v) is 42.1. The highest BCUT2D eigenvalue weighted by Gasteiger charge is 2.25. The van der Waals surface area contributed by atoms with Gasteiger partial charge in [-0.1, -0.05) is 382 Å². The lowest BCUT2D eigenvalue weighted by Gasteiger charge is -2.25. The number of carboxylic acid groups (broad SMARTS) is 1. The summed E-state index contributed by atoms with van der Waals surface area (Å²) in [5.74, 6) is -1.98. The highest BCUT2D eigenvalue weighted by Crippen LogP contribution is 2.20. The molecule has 0 aliphatic carbocycles. The molecule has 0 aliphatic rings. The maximum atomic E-state index is 13.0. The maximum Gasteiger partial charge on any atom is 0.361 e. The van der Waals surface area contributed by atoms with E-state index in [-0.39, 0.29) is 38.2 Å². The Kier molecular flexibility index (Phi) is 75.8. The minimum Gasteiger partial charge on any atom is -0.477 e. The fraction of sp³-hybridized carbons (Fsp3) is 0.830. The van der Waals surface area contributed by atoms with Gasteiger partial charge in [-0.15, -0.1) is 0 Å². The molecule has 0 aromatic heterocycles. The average Bonchev–Trinajstić information content (AvgIpc) is 2.39. The van der Waals surface area contributed by atoms with E-state index in [1.807, 2.05) is 21.1 Å². The number of esters is 2. The van der Waals surface area contributed by atoms with Gasteiger partial charge in [0.05, 0.1) is 34.4 Å². The molecule has 9 nitrogen and oxygen atoms in total. The van der Waals surface area contributed by atoms with Gasteiger partial charge in [-0.05, 0) is 89.9 Å². The van der Waals surface area contributed by atoms with Crippen LogP contribution in [0.4, 0.5) is 0 Å². The number of carbonyl (C=O) groups is 3. The van der Waals surface area contributed by atoms with Gasteiger partial charge in [0.15, 0.2) is 6.10 Å². The molecule has 97 heavy (non-hydrogen) atoms. The lowest BCUT2D eigenvalue weighted by Crippen LogP contribution is -2.40. The second kappa shape index (κ2) is 78.4. The van der Waals surface area contributed by atoms with Crippen LogP contribution < -0.4 is 0 Å². The highest BCUT2D eigenvalue weighted by molar-refractivity contribution is 5.71. The molecule has 0 heterocycles. The number of aliphatic carboxylic acids is 1. The molecule has 0 saturated carbocycles. The largest absolute Gasteiger partial charge is 0.477 e. The number of carboxylic acids is 1. The average molecular weight is 1360 g/mol. The smallest absolute Gasteiger partial charge is 0.361 e. The Balaban J connectivity index is 3.96. The first kappa shape index (κ1) is 93.7. The third-order valence-corrected chi connectivity index (χ3v) is 18.9. The molecule has 0 saturated heterocycles. The number of rotatable bonds is 79. The van der Waals surface area contributed by atoms with Crippen LogP contribution >= 0.6 is 0 Å². The summed E-state index contributed by atoms with van der Waals surface area (Å²) in [6, 6.07) is 0. The van der Waals surface area contributed by atoms with Gasteiger partial charge in [0, 0.05) is 12.8 Å². The zero-order valence-corrected chi connectivity index (χ0v) is 65.0. The summed E-state index contributed by atoms with van der Waals surface area (Å²) in [7, 11) is 6.00. The van der Waals surface area contributed by atoms with Crippen LogP contribution in [0.2, 0.25) is 0 Å². The Bertz CT molecular complexity index is 1830. The number of hydrogen-bond donors (Lipinski definition) is 1. The van der Waals surface area contributed by atoms with E-state index in [1.165, 1.54) is 321 Å². The summed E-state index contributed by atoms with van der Waals surface area (Å²) in [5, 5.41) is 9.78. The molecule has 0 amide bonds. The van der Waals surface area contributed by atoms with E-state index in [0.29, 0.717) is 17.4 Å². The molecule has 0 fully saturated rings. The van der Waals surface area contributed by atoms with Crippen LogP contribution in [0.15, 0.2) is 72.9 Å². The number of carbonyl (C=O) groups excluding carboxylic acids is 2. The molecule has 0 radical (unpaired) electrons. The summed E-state index contributed by atoms with van der Waals surface area (Å²) in [6.45, 7) is 4.92. The van der Waals surface area contributed by atoms with Crippen molar-refractivity contribution in [3.8, 4) is 0 Å². The zero-order valence-electron chi connectivity index (χ0n) is 65.0. The van der Waals surface area contributed by atoms with Gasteiger partial charge in [0.1, 0.15) is 13.2 Å². The van der Waals surface area contributed by atoms with Crippen molar-refractivity contribution in [2.45, 2.75) is 424 Å². The molecule has 0 aromatic rings. The number of allylic oxidation sites excluding steroid dienone is 12. The van der Waals surface area contributed by atoms with Gasteiger partial charge in [0.2, 0.25) is 0 Å². The van der Waals surface area contributed by atoms with Crippen molar-refractivity contribution in [1.29, 1.82) is 0 Å². The molecule has 9 heteroatoms. The second-order valence-electron chi connectivity index (χ2n) is 29.8. The number of hydrogen-bond acceptors (Lipinski definition) is 7. The van der Waals surface area contributed by atoms with Gasteiger partial charge < -0.3 is 28.5 Å². The van der Waals surface area contributed by atoms with Crippen molar-refractivity contribution in [2.24, 2.45) is 0 Å². The van der Waals surface area contributed by atoms with Crippen LogP contribution in [-0.2, 0) is 33.3 Å². The normalized spacial score (nSPS) is 13.0. The molecule has 0 bridgehead atoms. The molecule has 0 aromatic carbocycles. The summed E-state index contributed by atoms with van der Waals surface area (Å²) in [6.07, 6.45) is 104. The van der Waals surface area contributed by atoms with Gasteiger partial charge in [0.25, 0.3) is 6.29 Å². The number of unbranched alkanes of at least 4 members (excludes halogenated alkanes) is 52. The molecule has 2 unspecified atom stereocenters. The van der Waals surface area contributed by atoms with E-state index in [2.05, 4.69) is 86.8 Å². The SMILES string of the molecule is CCCCCCC/C=C\C/C=C\C/C=C\CCCCCCCCCCCCCCCCCCCCCCCCCCC(=O)OC(COC(=O)CCCCCCCCCCCCCCCCCCCC/C=C\C/C=C\C/C=C\CCCCCCC)COC(OCC[N+](C)(C)C)C(=O)O. The summed E-state index contributed by atoms with van der Waals surface area (Å²) in [4.78, 5) is 37.8. The molecular formula is C88H162NO8+. The van der Waals surface area contributed by atoms with Crippen molar-refractivity contribution in [2.75, 3.05) is 47.5 Å². The van der Waals surface area contributed by atoms with Crippen molar-refractivity contribution >= 4 is 17.9 Å². The van der Waals surface area contributed by atoms with Gasteiger partial charge in [-0.3, -0.25) is 9.59 Å². The zero-order chi connectivity index (χ0) is 70.4. The lowest BCUT2D eigenvalue weighted by molar-refractivity contribution is -0.870. The van der Waals surface area contributed by atoms with Crippen LogP contribution in [0.5, 0.6) is 0 Å². The first-order valence-electron chi connectivity index (χ1n) is 42.1. The number of likely N-dealkylation sites (N-methyl/N-ethyl adjacent to an activating group) is 1. The topological polar surface area (TPSA) is 108 Å². The van der Waals surface area contributed by atoms with E-state index in [9.17, 15) is 19.5 Å². The fourth-order valence-corrected chi connectivity index (χ4v) is 12.5. The van der Waals surface area contributed by atoms with E-state index in [1.54, 1.807) is 0 Å². The van der Waals surface area contributed by atoms with Crippen molar-refractivity contribution in [3.63, 3.8) is 0 Å². The molecule has 0 aliphatic heterocycles. The number of quaternary nitrogens is 1. The third-order valence-electron chi connectivity index (χ3n) is 18.9. The maximum absolute atomic E-state index is 13.0. The van der Waals surface area contributed by atoms with E-state index in [4.69, 9.17) is 18.9 Å². The predicted molar refractivity (Wildman–Crippen MR) is 420 cm³/mol. The quantitative estimate of drug-likeness (QED) is 0.0211. The number of nitrogens with zero attached hydrogens (tertiary/aromatic N) is 1. The lowest BCUT2D eigenvalue weighted by atomic mass is 10.0. The monoisotopic (exact) mass is 1360 g/mol. The standard InChI is InChI=1S/C88H161NO8/c1-6-8-10-12-14-16-18-20-22-24-26-28-30-32-34-36-38-40-41-42-43-44-45-47-49-51-53-55-57-59-61-63-65-67-69-71-73-75-77-79-86(91)97-84(83-96-88(87(92)93)94-81-80-89(3,4)5)82-95-85(90)78-76-74-72-70-68-66-64-62-60-58-56-54-52-50-48-46-39-37-35-33-31-29-27-25-23-21-19-17-15-13-11-9-7-2/h18-21,24-27,30-33,84,88H,6-17,22-23,28-29,34-83H2,1-5H3/p+1/b20-18-,21-19-,26-24-,27-25-,32-30-,33-31-. The summed E-state index contributed by atoms with van der Waals surface area (Å²) < 4.78 is 23.1. The highest BCUT2D eigenvalue weighted by atomic mass is 16.7. The van der Waals surface area contributed by atoms with Gasteiger partial charge >= 0.3 is 17.9 Å². The minimum atomic E-state index is -1.51. The van der Waals surface area contributed by atoms with Crippen molar-refractivity contribution in [3.05, 3.63) is 72.9 Å². The Hall–Kier alpha value is -3.27. The van der Waals surface area contributed by atoms with Crippen molar-refractivity contribution < 1.29 is 42.9 Å². The summed E-state index contributed by atoms with van der Waals surface area (Å²) in [5.41, 5.74) is 0. The van der Waals surface area contributed by atoms with Crippen molar-refractivity contribution in [1.82, 2.24) is 0 Å². The van der Waals surface area contributed by atoms with E-state index < -0.39 is 18.4 Å². The Morgan fingerprint density at radius 2 is 0.557 bits per heavy atom. The first-order chi connectivity index (χ1) is 47.6. The van der Waals surface area contributed by atoms with E-state index >= 15 is 0 Å². The predicted octanol–water partition coefficient (Wildman–Crippen LogP) is 27.2. The van der Waals surface area contributed by atoms with E-state index in [0.717, 1.165) is 64.2 Å². The van der Waals surface area contributed by atoms with Gasteiger partial charge in [-0.25, -0.2) is 4.79 Å². The molecule has 566 valence electrons. The van der Waals surface area contributed by atoms with Crippen LogP contribution in [0.3, 0.4) is 0 Å². The summed E-state index contributed by atoms with van der Waals surface area (Å²) >= 11 is 0. The Labute approximate surface area is 602 Å². The molecule has 0 spiro atoms. The Morgan fingerprint density at radius 3 is 0.825 bits per heavy atom. The molecule has 2 atom stereocenters. The van der Waals surface area contributed by atoms with Gasteiger partial charge in [-0.2, -0.15) is 0 Å².